The number of rotatable bonds is 3. The summed E-state index contributed by atoms with van der Waals surface area (Å²) in [5.74, 6) is 1.65. The Labute approximate surface area is 179 Å². The molecule has 4 aromatic rings. The van der Waals surface area contributed by atoms with Crippen molar-refractivity contribution in [1.82, 2.24) is 24.7 Å². The third-order valence-corrected chi connectivity index (χ3v) is 6.57. The van der Waals surface area contributed by atoms with Gasteiger partial charge in [0.15, 0.2) is 11.5 Å². The number of hydrogen-bond donors (Lipinski definition) is 2. The maximum absolute atomic E-state index is 9.94. The monoisotopic (exact) mass is 418 g/mol. The second-order valence-corrected chi connectivity index (χ2v) is 8.54. The van der Waals surface area contributed by atoms with Gasteiger partial charge in [0, 0.05) is 35.8 Å². The van der Waals surface area contributed by atoms with Crippen LogP contribution in [0.25, 0.3) is 33.3 Å². The average molecular weight is 419 g/mol. The Morgan fingerprint density at radius 2 is 1.87 bits per heavy atom. The molecule has 31 heavy (non-hydrogen) atoms. The Morgan fingerprint density at radius 3 is 2.71 bits per heavy atom. The molecular weight excluding hydrogens is 392 g/mol. The maximum atomic E-state index is 9.94. The molecule has 160 valence electrons. The van der Waals surface area contributed by atoms with E-state index in [1.807, 2.05) is 12.4 Å². The van der Waals surface area contributed by atoms with Crippen LogP contribution in [0, 0.1) is 0 Å². The number of nitrogens with one attached hydrogen (secondary N) is 1. The molecule has 0 spiro atoms. The van der Waals surface area contributed by atoms with Gasteiger partial charge in [-0.15, -0.1) is 0 Å². The molecule has 1 aliphatic heterocycles. The lowest BCUT2D eigenvalue weighted by Crippen LogP contribution is -2.37. The molecule has 3 aromatic heterocycles. The molecule has 0 atom stereocenters. The highest BCUT2D eigenvalue weighted by Crippen LogP contribution is 2.34. The minimum atomic E-state index is -0.194. The molecule has 8 nitrogen and oxygen atoms in total. The third kappa shape index (κ3) is 3.36. The molecule has 1 aromatic carbocycles. The van der Waals surface area contributed by atoms with Crippen molar-refractivity contribution in [2.45, 2.75) is 37.8 Å². The van der Waals surface area contributed by atoms with Crippen LogP contribution >= 0.6 is 0 Å². The average Bonchev–Trinajstić information content (AvgIpc) is 3.46. The fourth-order valence-electron chi connectivity index (χ4n) is 4.82. The van der Waals surface area contributed by atoms with Crippen LogP contribution in [-0.4, -0.2) is 62.2 Å². The lowest BCUT2D eigenvalue weighted by Gasteiger charge is -2.29. The SMILES string of the molecule is OC1CCC(n2ncc3c(N4CCOCC4)nc(-c4ccc5[nH]ccc5c4)nc32)CC1. The first-order valence-corrected chi connectivity index (χ1v) is 11.1. The summed E-state index contributed by atoms with van der Waals surface area (Å²) in [6, 6.07) is 8.60. The predicted molar refractivity (Wildman–Crippen MR) is 119 cm³/mol. The van der Waals surface area contributed by atoms with Crippen LogP contribution in [0.3, 0.4) is 0 Å². The van der Waals surface area contributed by atoms with E-state index in [-0.39, 0.29) is 12.1 Å². The summed E-state index contributed by atoms with van der Waals surface area (Å²) < 4.78 is 7.63. The van der Waals surface area contributed by atoms with Gasteiger partial charge >= 0.3 is 0 Å². The minimum Gasteiger partial charge on any atom is -0.393 e. The van der Waals surface area contributed by atoms with Crippen molar-refractivity contribution in [2.24, 2.45) is 0 Å². The van der Waals surface area contributed by atoms with E-state index in [4.69, 9.17) is 19.8 Å². The van der Waals surface area contributed by atoms with Crippen LogP contribution in [-0.2, 0) is 4.74 Å². The molecule has 6 rings (SSSR count). The second kappa shape index (κ2) is 7.62. The number of aromatic amines is 1. The van der Waals surface area contributed by atoms with Crippen LogP contribution in [0.1, 0.15) is 31.7 Å². The van der Waals surface area contributed by atoms with Gasteiger partial charge in [0.05, 0.1) is 36.9 Å². The zero-order chi connectivity index (χ0) is 20.8. The Morgan fingerprint density at radius 1 is 1.03 bits per heavy atom. The number of fused-ring (bicyclic) bond motifs is 2. The van der Waals surface area contributed by atoms with Crippen LogP contribution in [0.5, 0.6) is 0 Å². The lowest BCUT2D eigenvalue weighted by molar-refractivity contribution is 0.109. The zero-order valence-electron chi connectivity index (χ0n) is 17.4. The van der Waals surface area contributed by atoms with Crippen LogP contribution in [0.4, 0.5) is 5.82 Å². The highest BCUT2D eigenvalue weighted by molar-refractivity contribution is 5.90. The van der Waals surface area contributed by atoms with E-state index >= 15 is 0 Å². The van der Waals surface area contributed by atoms with Crippen molar-refractivity contribution >= 4 is 27.8 Å². The summed E-state index contributed by atoms with van der Waals surface area (Å²) in [5.41, 5.74) is 2.97. The van der Waals surface area contributed by atoms with E-state index in [1.54, 1.807) is 0 Å². The summed E-state index contributed by atoms with van der Waals surface area (Å²) in [6.45, 7) is 3.02. The molecular formula is C23H26N6O2. The molecule has 2 N–H and O–H groups in total. The molecule has 1 saturated carbocycles. The Kier molecular flexibility index (Phi) is 4.61. The van der Waals surface area contributed by atoms with Gasteiger partial charge in [-0.1, -0.05) is 0 Å². The van der Waals surface area contributed by atoms with Gasteiger partial charge in [-0.05, 0) is 49.9 Å². The van der Waals surface area contributed by atoms with Gasteiger partial charge in [-0.3, -0.25) is 0 Å². The molecule has 8 heteroatoms. The third-order valence-electron chi connectivity index (χ3n) is 6.57. The summed E-state index contributed by atoms with van der Waals surface area (Å²) in [6.07, 6.45) is 7.11. The van der Waals surface area contributed by atoms with Gasteiger partial charge < -0.3 is 19.7 Å². The summed E-state index contributed by atoms with van der Waals surface area (Å²) in [7, 11) is 0. The summed E-state index contributed by atoms with van der Waals surface area (Å²) in [5, 5.41) is 16.8. The number of hydrogen-bond acceptors (Lipinski definition) is 6. The fraction of sp³-hybridized carbons (Fsp3) is 0.435. The number of H-pyrrole nitrogens is 1. The predicted octanol–water partition coefficient (Wildman–Crippen LogP) is 3.29. The number of ether oxygens (including phenoxy) is 1. The Hall–Kier alpha value is -2.97. The molecule has 2 aliphatic rings. The highest BCUT2D eigenvalue weighted by atomic mass is 16.5. The van der Waals surface area contributed by atoms with Crippen molar-refractivity contribution in [3.63, 3.8) is 0 Å². The number of benzene rings is 1. The molecule has 0 unspecified atom stereocenters. The molecule has 1 saturated heterocycles. The first-order chi connectivity index (χ1) is 15.3. The van der Waals surface area contributed by atoms with Crippen LogP contribution in [0.2, 0.25) is 0 Å². The van der Waals surface area contributed by atoms with Crippen molar-refractivity contribution in [3.05, 3.63) is 36.7 Å². The van der Waals surface area contributed by atoms with E-state index in [0.29, 0.717) is 13.2 Å². The first-order valence-electron chi connectivity index (χ1n) is 11.1. The number of nitrogens with zero attached hydrogens (tertiary/aromatic N) is 5. The van der Waals surface area contributed by atoms with Gasteiger partial charge in [-0.2, -0.15) is 5.10 Å². The molecule has 0 bridgehead atoms. The highest BCUT2D eigenvalue weighted by Gasteiger charge is 2.26. The van der Waals surface area contributed by atoms with Crippen molar-refractivity contribution in [3.8, 4) is 11.4 Å². The smallest absolute Gasteiger partial charge is 0.164 e. The number of anilines is 1. The van der Waals surface area contributed by atoms with Crippen LogP contribution < -0.4 is 4.90 Å². The number of aliphatic hydroxyl groups excluding tert-OH is 1. The van der Waals surface area contributed by atoms with Gasteiger partial charge in [0.2, 0.25) is 0 Å². The molecule has 1 aliphatic carbocycles. The van der Waals surface area contributed by atoms with Crippen molar-refractivity contribution in [2.75, 3.05) is 31.2 Å². The minimum absolute atomic E-state index is 0.194. The standard InChI is InChI=1S/C23H26N6O2/c30-18-4-2-17(3-5-18)29-23-19(14-25-29)22(28-9-11-31-12-10-28)26-21(27-23)16-1-6-20-15(13-16)7-8-24-20/h1,6-8,13-14,17-18,24,30H,2-5,9-12H2. The summed E-state index contributed by atoms with van der Waals surface area (Å²) in [4.78, 5) is 15.5. The Bertz CT molecular complexity index is 1220. The quantitative estimate of drug-likeness (QED) is 0.530. The van der Waals surface area contributed by atoms with E-state index in [9.17, 15) is 5.11 Å². The topological polar surface area (TPSA) is 92.1 Å². The van der Waals surface area contributed by atoms with E-state index in [2.05, 4.69) is 38.8 Å². The normalized spacial score (nSPS) is 22.4. The first kappa shape index (κ1) is 18.8. The van der Waals surface area contributed by atoms with Crippen LogP contribution in [0.15, 0.2) is 36.7 Å². The van der Waals surface area contributed by atoms with Gasteiger partial charge in [0.25, 0.3) is 0 Å². The van der Waals surface area contributed by atoms with Crippen molar-refractivity contribution < 1.29 is 9.84 Å². The second-order valence-electron chi connectivity index (χ2n) is 8.54. The number of morpholine rings is 1. The van der Waals surface area contributed by atoms with E-state index < -0.39 is 0 Å². The molecule has 0 amide bonds. The lowest BCUT2D eigenvalue weighted by atomic mass is 9.93. The van der Waals surface area contributed by atoms with E-state index in [1.165, 1.54) is 0 Å². The number of aliphatic hydroxyl groups is 1. The molecule has 0 radical (unpaired) electrons. The largest absolute Gasteiger partial charge is 0.393 e. The Balaban J connectivity index is 1.50. The fourth-order valence-corrected chi connectivity index (χ4v) is 4.82. The van der Waals surface area contributed by atoms with Crippen molar-refractivity contribution in [1.29, 1.82) is 0 Å². The zero-order valence-corrected chi connectivity index (χ0v) is 17.4. The molecule has 4 heterocycles. The number of aromatic nitrogens is 5. The maximum Gasteiger partial charge on any atom is 0.164 e. The van der Waals surface area contributed by atoms with E-state index in [0.717, 1.165) is 77.9 Å². The summed E-state index contributed by atoms with van der Waals surface area (Å²) >= 11 is 0. The van der Waals surface area contributed by atoms with Gasteiger partial charge in [0.1, 0.15) is 5.82 Å². The molecule has 2 fully saturated rings. The van der Waals surface area contributed by atoms with Gasteiger partial charge in [-0.25, -0.2) is 14.6 Å².